The van der Waals surface area contributed by atoms with Crippen LogP contribution in [0.25, 0.3) is 16.6 Å². The Kier molecular flexibility index (Phi) is 4.40. The second-order valence-corrected chi connectivity index (χ2v) is 6.11. The van der Waals surface area contributed by atoms with Gasteiger partial charge in [-0.2, -0.15) is 10.4 Å². The zero-order valence-electron chi connectivity index (χ0n) is 14.6. The Morgan fingerprint density at radius 3 is 2.75 bits per heavy atom. The highest BCUT2D eigenvalue weighted by atomic mass is 16.6. The summed E-state index contributed by atoms with van der Waals surface area (Å²) >= 11 is 0. The fraction of sp³-hybridized carbons (Fsp3) is 0.0500. The van der Waals surface area contributed by atoms with Crippen LogP contribution in [-0.4, -0.2) is 19.7 Å². The van der Waals surface area contributed by atoms with Crippen molar-refractivity contribution in [2.45, 2.75) is 6.54 Å². The van der Waals surface area contributed by atoms with Crippen LogP contribution in [0.4, 0.5) is 11.5 Å². The van der Waals surface area contributed by atoms with Crippen LogP contribution >= 0.6 is 0 Å². The molecule has 8 heteroatoms. The number of fused-ring (bicyclic) bond motifs is 1. The summed E-state index contributed by atoms with van der Waals surface area (Å²) in [6.07, 6.45) is 3.67. The third-order valence-electron chi connectivity index (χ3n) is 4.25. The van der Waals surface area contributed by atoms with E-state index in [4.69, 9.17) is 0 Å². The number of hydrogen-bond donors (Lipinski definition) is 1. The number of nitro benzene ring substituents is 1. The van der Waals surface area contributed by atoms with Gasteiger partial charge in [0.2, 0.25) is 0 Å². The van der Waals surface area contributed by atoms with Crippen LogP contribution in [-0.2, 0) is 6.54 Å². The molecule has 0 fully saturated rings. The largest absolute Gasteiger partial charge is 0.366 e. The normalized spacial score (nSPS) is 10.5. The van der Waals surface area contributed by atoms with Gasteiger partial charge in [0.05, 0.1) is 34.0 Å². The van der Waals surface area contributed by atoms with Crippen molar-refractivity contribution in [2.75, 3.05) is 5.32 Å². The van der Waals surface area contributed by atoms with E-state index in [1.807, 2.05) is 36.5 Å². The van der Waals surface area contributed by atoms with E-state index in [0.717, 1.165) is 11.3 Å². The topological polar surface area (TPSA) is 110 Å². The Hall–Kier alpha value is -4.25. The minimum atomic E-state index is -0.489. The van der Waals surface area contributed by atoms with Gasteiger partial charge in [0.25, 0.3) is 5.69 Å². The van der Waals surface area contributed by atoms with Crippen LogP contribution < -0.4 is 5.32 Å². The summed E-state index contributed by atoms with van der Waals surface area (Å²) in [5, 5.41) is 28.4. The fourth-order valence-corrected chi connectivity index (χ4v) is 2.88. The summed E-state index contributed by atoms with van der Waals surface area (Å²) < 4.78 is 1.78. The number of aromatic nitrogens is 3. The number of rotatable bonds is 5. The first-order valence-corrected chi connectivity index (χ1v) is 8.46. The molecule has 0 aliphatic carbocycles. The number of non-ortho nitro benzene ring substituents is 1. The molecular formula is C20H14N6O2. The predicted molar refractivity (Wildman–Crippen MR) is 104 cm³/mol. The van der Waals surface area contributed by atoms with E-state index >= 15 is 0 Å². The lowest BCUT2D eigenvalue weighted by Crippen LogP contribution is -2.02. The SMILES string of the molecule is N#Cc1cc(NCc2cnn(-c3ccccc3)c2)nc2ccc([N+](=O)[O-])cc12. The molecule has 136 valence electrons. The van der Waals surface area contributed by atoms with Gasteiger partial charge in [0, 0.05) is 35.8 Å². The van der Waals surface area contributed by atoms with Gasteiger partial charge >= 0.3 is 0 Å². The molecule has 0 atom stereocenters. The highest BCUT2D eigenvalue weighted by molar-refractivity contribution is 5.88. The maximum absolute atomic E-state index is 11.0. The van der Waals surface area contributed by atoms with Gasteiger partial charge in [-0.15, -0.1) is 0 Å². The van der Waals surface area contributed by atoms with Gasteiger partial charge in [-0.1, -0.05) is 18.2 Å². The van der Waals surface area contributed by atoms with Gasteiger partial charge in [-0.25, -0.2) is 9.67 Å². The van der Waals surface area contributed by atoms with Crippen molar-refractivity contribution in [1.82, 2.24) is 14.8 Å². The summed E-state index contributed by atoms with van der Waals surface area (Å²) in [6, 6.07) is 17.7. The molecule has 0 radical (unpaired) electrons. The second-order valence-electron chi connectivity index (χ2n) is 6.11. The smallest absolute Gasteiger partial charge is 0.270 e. The van der Waals surface area contributed by atoms with E-state index in [2.05, 4.69) is 21.5 Å². The van der Waals surface area contributed by atoms with Gasteiger partial charge < -0.3 is 5.32 Å². The molecule has 2 heterocycles. The number of nitriles is 1. The molecule has 0 saturated carbocycles. The number of pyridine rings is 1. The predicted octanol–water partition coefficient (Wildman–Crippen LogP) is 3.81. The molecule has 28 heavy (non-hydrogen) atoms. The van der Waals surface area contributed by atoms with Crippen LogP contribution in [0.5, 0.6) is 0 Å². The third-order valence-corrected chi connectivity index (χ3v) is 4.25. The fourth-order valence-electron chi connectivity index (χ4n) is 2.88. The maximum Gasteiger partial charge on any atom is 0.270 e. The summed E-state index contributed by atoms with van der Waals surface area (Å²) in [5.74, 6) is 0.519. The minimum absolute atomic E-state index is 0.0696. The van der Waals surface area contributed by atoms with Gasteiger partial charge in [-0.3, -0.25) is 10.1 Å². The van der Waals surface area contributed by atoms with E-state index in [9.17, 15) is 15.4 Å². The van der Waals surface area contributed by atoms with E-state index in [-0.39, 0.29) is 5.69 Å². The van der Waals surface area contributed by atoms with Crippen molar-refractivity contribution < 1.29 is 4.92 Å². The van der Waals surface area contributed by atoms with Crippen molar-refractivity contribution in [3.05, 3.63) is 88.2 Å². The third kappa shape index (κ3) is 3.37. The molecule has 0 aliphatic heterocycles. The lowest BCUT2D eigenvalue weighted by atomic mass is 10.1. The molecule has 8 nitrogen and oxygen atoms in total. The highest BCUT2D eigenvalue weighted by Gasteiger charge is 2.12. The zero-order valence-corrected chi connectivity index (χ0v) is 14.6. The van der Waals surface area contributed by atoms with E-state index in [1.165, 1.54) is 12.1 Å². The number of anilines is 1. The summed E-state index contributed by atoms with van der Waals surface area (Å²) in [5.41, 5.74) is 2.70. The Balaban J connectivity index is 1.57. The molecule has 4 aromatic rings. The average molecular weight is 370 g/mol. The Labute approximate surface area is 159 Å². The number of nitrogens with one attached hydrogen (secondary N) is 1. The van der Waals surface area contributed by atoms with Crippen molar-refractivity contribution in [3.63, 3.8) is 0 Å². The molecule has 0 bridgehead atoms. The monoisotopic (exact) mass is 370 g/mol. The Morgan fingerprint density at radius 1 is 1.18 bits per heavy atom. The number of hydrogen-bond acceptors (Lipinski definition) is 6. The van der Waals surface area contributed by atoms with E-state index < -0.39 is 4.92 Å². The van der Waals surface area contributed by atoms with Crippen molar-refractivity contribution in [1.29, 1.82) is 5.26 Å². The first-order chi connectivity index (χ1) is 13.6. The summed E-state index contributed by atoms with van der Waals surface area (Å²) in [6.45, 7) is 0.475. The maximum atomic E-state index is 11.0. The van der Waals surface area contributed by atoms with Crippen LogP contribution in [0.15, 0.2) is 67.0 Å². The Morgan fingerprint density at radius 2 is 2.00 bits per heavy atom. The molecule has 2 aromatic carbocycles. The first kappa shape index (κ1) is 17.2. The second kappa shape index (κ2) is 7.17. The number of nitro groups is 1. The summed E-state index contributed by atoms with van der Waals surface area (Å²) in [4.78, 5) is 14.9. The zero-order chi connectivity index (χ0) is 19.5. The molecule has 0 unspecified atom stereocenters. The molecule has 1 N–H and O–H groups in total. The van der Waals surface area contributed by atoms with Crippen LogP contribution in [0.3, 0.4) is 0 Å². The highest BCUT2D eigenvalue weighted by Crippen LogP contribution is 2.25. The van der Waals surface area contributed by atoms with E-state index in [1.54, 1.807) is 23.0 Å². The van der Waals surface area contributed by atoms with Crippen LogP contribution in [0.2, 0.25) is 0 Å². The number of para-hydroxylation sites is 1. The lowest BCUT2D eigenvalue weighted by molar-refractivity contribution is -0.384. The van der Waals surface area contributed by atoms with Crippen molar-refractivity contribution in [2.24, 2.45) is 0 Å². The molecule has 4 rings (SSSR count). The number of benzene rings is 2. The van der Waals surface area contributed by atoms with Crippen LogP contribution in [0, 0.1) is 21.4 Å². The van der Waals surface area contributed by atoms with Gasteiger partial charge in [0.15, 0.2) is 0 Å². The quantitative estimate of drug-likeness (QED) is 0.422. The first-order valence-electron chi connectivity index (χ1n) is 8.46. The van der Waals surface area contributed by atoms with Crippen molar-refractivity contribution >= 4 is 22.4 Å². The van der Waals surface area contributed by atoms with Gasteiger partial charge in [-0.05, 0) is 24.3 Å². The summed E-state index contributed by atoms with van der Waals surface area (Å²) in [7, 11) is 0. The lowest BCUT2D eigenvalue weighted by Gasteiger charge is -2.07. The van der Waals surface area contributed by atoms with Crippen molar-refractivity contribution in [3.8, 4) is 11.8 Å². The standard InChI is InChI=1S/C20H14N6O2/c21-10-15-8-20(24-19-7-6-17(26(27)28)9-18(15)19)22-11-14-12-23-25(13-14)16-4-2-1-3-5-16/h1-9,12-13H,11H2,(H,22,24). The van der Waals surface area contributed by atoms with Crippen LogP contribution in [0.1, 0.15) is 11.1 Å². The molecule has 0 amide bonds. The molecule has 0 saturated heterocycles. The Bertz CT molecular complexity index is 1210. The van der Waals surface area contributed by atoms with Gasteiger partial charge in [0.1, 0.15) is 5.82 Å². The number of nitrogens with zero attached hydrogens (tertiary/aromatic N) is 5. The minimum Gasteiger partial charge on any atom is -0.366 e. The average Bonchev–Trinajstić information content (AvgIpc) is 3.21. The molecule has 0 aliphatic rings. The van der Waals surface area contributed by atoms with E-state index in [0.29, 0.717) is 28.8 Å². The molecule has 2 aromatic heterocycles. The molecular weight excluding hydrogens is 356 g/mol. The molecule has 0 spiro atoms.